The van der Waals surface area contributed by atoms with Crippen molar-refractivity contribution < 1.29 is 0 Å². The van der Waals surface area contributed by atoms with Gasteiger partial charge in [-0.2, -0.15) is 0 Å². The van der Waals surface area contributed by atoms with E-state index in [2.05, 4.69) is 38.5 Å². The molecular formula is C15H20N4. The summed E-state index contributed by atoms with van der Waals surface area (Å²) in [5.41, 5.74) is 1.39. The van der Waals surface area contributed by atoms with Crippen molar-refractivity contribution in [2.75, 3.05) is 18.4 Å². The summed E-state index contributed by atoms with van der Waals surface area (Å²) < 4.78 is 2.37. The zero-order valence-corrected chi connectivity index (χ0v) is 11.0. The Morgan fingerprint density at radius 2 is 2.32 bits per heavy atom. The fraction of sp³-hybridized carbons (Fsp3) is 0.400. The van der Waals surface area contributed by atoms with Crippen molar-refractivity contribution in [3.8, 4) is 0 Å². The van der Waals surface area contributed by atoms with Crippen molar-refractivity contribution in [3.63, 3.8) is 0 Å². The Labute approximate surface area is 113 Å². The number of nitrogens with one attached hydrogen (secondary N) is 2. The number of anilines is 1. The predicted octanol–water partition coefficient (Wildman–Crippen LogP) is 2.10. The molecule has 2 N–H and O–H groups in total. The summed E-state index contributed by atoms with van der Waals surface area (Å²) >= 11 is 0. The van der Waals surface area contributed by atoms with Crippen molar-refractivity contribution in [2.24, 2.45) is 5.92 Å². The van der Waals surface area contributed by atoms with Gasteiger partial charge in [-0.25, -0.2) is 4.98 Å². The molecule has 0 bridgehead atoms. The highest BCUT2D eigenvalue weighted by Gasteiger charge is 2.14. The van der Waals surface area contributed by atoms with Crippen LogP contribution in [0.15, 0.2) is 42.7 Å². The molecule has 0 radical (unpaired) electrons. The Bertz CT molecular complexity index is 506. The Hall–Kier alpha value is -1.81. The maximum absolute atomic E-state index is 4.28. The van der Waals surface area contributed by atoms with Crippen LogP contribution in [0, 0.1) is 5.92 Å². The number of pyridine rings is 1. The number of nitrogens with zero attached hydrogens (tertiary/aromatic N) is 2. The molecule has 100 valence electrons. The summed E-state index contributed by atoms with van der Waals surface area (Å²) in [6.07, 6.45) is 5.16. The topological polar surface area (TPSA) is 41.9 Å². The first-order valence-electron chi connectivity index (χ1n) is 6.91. The lowest BCUT2D eigenvalue weighted by molar-refractivity contribution is 0.423. The van der Waals surface area contributed by atoms with E-state index in [-0.39, 0.29) is 0 Å². The van der Waals surface area contributed by atoms with Gasteiger partial charge < -0.3 is 15.2 Å². The molecule has 0 aromatic carbocycles. The van der Waals surface area contributed by atoms with Crippen molar-refractivity contribution in [2.45, 2.75) is 19.5 Å². The van der Waals surface area contributed by atoms with Gasteiger partial charge in [-0.1, -0.05) is 6.07 Å². The molecule has 1 atom stereocenters. The summed E-state index contributed by atoms with van der Waals surface area (Å²) in [5, 5.41) is 6.91. The van der Waals surface area contributed by atoms with E-state index in [0.717, 1.165) is 38.4 Å². The highest BCUT2D eigenvalue weighted by Crippen LogP contribution is 2.14. The van der Waals surface area contributed by atoms with Gasteiger partial charge >= 0.3 is 0 Å². The Morgan fingerprint density at radius 3 is 3.21 bits per heavy atom. The molecule has 1 aliphatic heterocycles. The zero-order valence-electron chi connectivity index (χ0n) is 11.0. The number of hydrogen-bond acceptors (Lipinski definition) is 3. The van der Waals surface area contributed by atoms with Crippen LogP contribution in [-0.4, -0.2) is 22.6 Å². The minimum absolute atomic E-state index is 0.671. The molecule has 1 aliphatic rings. The van der Waals surface area contributed by atoms with Gasteiger partial charge in [0, 0.05) is 44.3 Å². The van der Waals surface area contributed by atoms with Crippen LogP contribution in [-0.2, 0) is 13.1 Å². The maximum atomic E-state index is 4.28. The average Bonchev–Trinajstić information content (AvgIpc) is 2.79. The number of rotatable bonds is 4. The van der Waals surface area contributed by atoms with Crippen molar-refractivity contribution in [3.05, 3.63) is 48.4 Å². The fourth-order valence-electron chi connectivity index (χ4n) is 2.60. The molecule has 0 saturated carbocycles. The van der Waals surface area contributed by atoms with Crippen molar-refractivity contribution in [1.82, 2.24) is 14.9 Å². The fourth-order valence-corrected chi connectivity index (χ4v) is 2.60. The lowest BCUT2D eigenvalue weighted by atomic mass is 10.1. The molecule has 0 fully saturated rings. The summed E-state index contributed by atoms with van der Waals surface area (Å²) in [5.74, 6) is 1.63. The SMILES string of the molecule is c1ccc(NCC[C@@H]2CNCc3cccn3C2)nc1. The Morgan fingerprint density at radius 1 is 1.32 bits per heavy atom. The molecule has 4 heteroatoms. The molecule has 0 amide bonds. The third kappa shape index (κ3) is 3.15. The standard InChI is InChI=1S/C15H20N4/c1-2-7-17-15(5-1)18-8-6-13-10-16-11-14-4-3-9-19(14)12-13/h1-5,7,9,13,16H,6,8,10-12H2,(H,17,18)/t13-/m1/s1. The van der Waals surface area contributed by atoms with E-state index in [1.54, 1.807) is 0 Å². The van der Waals surface area contributed by atoms with Gasteiger partial charge in [-0.05, 0) is 36.6 Å². The third-order valence-electron chi connectivity index (χ3n) is 3.64. The smallest absolute Gasteiger partial charge is 0.125 e. The van der Waals surface area contributed by atoms with E-state index < -0.39 is 0 Å². The van der Waals surface area contributed by atoms with Gasteiger partial charge in [-0.3, -0.25) is 0 Å². The van der Waals surface area contributed by atoms with Crippen LogP contribution in [0.4, 0.5) is 5.82 Å². The van der Waals surface area contributed by atoms with Gasteiger partial charge in [-0.15, -0.1) is 0 Å². The first kappa shape index (κ1) is 12.2. The highest BCUT2D eigenvalue weighted by molar-refractivity contribution is 5.32. The normalized spacial score (nSPS) is 18.6. The van der Waals surface area contributed by atoms with E-state index in [0.29, 0.717) is 5.92 Å². The largest absolute Gasteiger partial charge is 0.370 e. The van der Waals surface area contributed by atoms with Crippen LogP contribution in [0.25, 0.3) is 0 Å². The minimum atomic E-state index is 0.671. The van der Waals surface area contributed by atoms with Crippen LogP contribution in [0.2, 0.25) is 0 Å². The monoisotopic (exact) mass is 256 g/mol. The second-order valence-electron chi connectivity index (χ2n) is 5.08. The Kier molecular flexibility index (Phi) is 3.79. The summed E-state index contributed by atoms with van der Waals surface area (Å²) in [7, 11) is 0. The van der Waals surface area contributed by atoms with E-state index in [1.165, 1.54) is 5.69 Å². The molecule has 3 rings (SSSR count). The van der Waals surface area contributed by atoms with Crippen molar-refractivity contribution in [1.29, 1.82) is 0 Å². The number of aromatic nitrogens is 2. The van der Waals surface area contributed by atoms with Gasteiger partial charge in [0.25, 0.3) is 0 Å². The first-order valence-corrected chi connectivity index (χ1v) is 6.91. The van der Waals surface area contributed by atoms with Crippen LogP contribution in [0.5, 0.6) is 0 Å². The Balaban J connectivity index is 1.51. The zero-order chi connectivity index (χ0) is 12.9. The van der Waals surface area contributed by atoms with Crippen LogP contribution < -0.4 is 10.6 Å². The summed E-state index contributed by atoms with van der Waals surface area (Å²) in [6, 6.07) is 10.3. The molecule has 0 aliphatic carbocycles. The molecule has 2 aromatic heterocycles. The quantitative estimate of drug-likeness (QED) is 0.880. The average molecular weight is 256 g/mol. The molecule has 2 aromatic rings. The lowest BCUT2D eigenvalue weighted by Gasteiger charge is -2.16. The summed E-state index contributed by atoms with van der Waals surface area (Å²) in [4.78, 5) is 4.28. The van der Waals surface area contributed by atoms with E-state index >= 15 is 0 Å². The maximum Gasteiger partial charge on any atom is 0.125 e. The molecule has 3 heterocycles. The van der Waals surface area contributed by atoms with Crippen LogP contribution in [0.3, 0.4) is 0 Å². The van der Waals surface area contributed by atoms with Crippen LogP contribution >= 0.6 is 0 Å². The number of fused-ring (bicyclic) bond motifs is 1. The van der Waals surface area contributed by atoms with Gasteiger partial charge in [0.1, 0.15) is 5.82 Å². The minimum Gasteiger partial charge on any atom is -0.370 e. The third-order valence-corrected chi connectivity index (χ3v) is 3.64. The second kappa shape index (κ2) is 5.89. The predicted molar refractivity (Wildman–Crippen MR) is 77.0 cm³/mol. The number of hydrogen-bond donors (Lipinski definition) is 2. The molecule has 0 saturated heterocycles. The summed E-state index contributed by atoms with van der Waals surface area (Å²) in [6.45, 7) is 4.15. The molecule has 0 spiro atoms. The lowest BCUT2D eigenvalue weighted by Crippen LogP contribution is -2.23. The van der Waals surface area contributed by atoms with E-state index in [4.69, 9.17) is 0 Å². The molecule has 4 nitrogen and oxygen atoms in total. The highest BCUT2D eigenvalue weighted by atomic mass is 15.0. The molecular weight excluding hydrogens is 236 g/mol. The first-order chi connectivity index (χ1) is 9.42. The molecule has 19 heavy (non-hydrogen) atoms. The van der Waals surface area contributed by atoms with E-state index in [9.17, 15) is 0 Å². The van der Waals surface area contributed by atoms with Gasteiger partial charge in [0.15, 0.2) is 0 Å². The molecule has 0 unspecified atom stereocenters. The van der Waals surface area contributed by atoms with Crippen LogP contribution in [0.1, 0.15) is 12.1 Å². The van der Waals surface area contributed by atoms with E-state index in [1.807, 2.05) is 24.4 Å². The van der Waals surface area contributed by atoms with Gasteiger partial charge in [0.2, 0.25) is 0 Å². The van der Waals surface area contributed by atoms with Crippen molar-refractivity contribution >= 4 is 5.82 Å². The second-order valence-corrected chi connectivity index (χ2v) is 5.08. The van der Waals surface area contributed by atoms with Gasteiger partial charge in [0.05, 0.1) is 0 Å².